The van der Waals surface area contributed by atoms with Crippen molar-refractivity contribution in [1.29, 1.82) is 0 Å². The number of benzene rings is 1. The Kier molecular flexibility index (Phi) is 3.17. The predicted molar refractivity (Wildman–Crippen MR) is 81.7 cm³/mol. The Morgan fingerprint density at radius 3 is 2.73 bits per heavy atom. The van der Waals surface area contributed by atoms with Gasteiger partial charge in [-0.1, -0.05) is 0 Å². The number of fused-ring (bicyclic) bond motifs is 1. The van der Waals surface area contributed by atoms with Crippen molar-refractivity contribution in [3.63, 3.8) is 0 Å². The number of hydrogen-bond donors (Lipinski definition) is 4. The van der Waals surface area contributed by atoms with Crippen LogP contribution < -0.4 is 5.32 Å². The number of nitrogens with one attached hydrogen (secondary N) is 2. The molecule has 0 fully saturated rings. The first-order valence-electron chi connectivity index (χ1n) is 6.61. The molecule has 2 heterocycles. The summed E-state index contributed by atoms with van der Waals surface area (Å²) in [6, 6.07) is 6.19. The number of anilines is 2. The Hall–Kier alpha value is -3.09. The van der Waals surface area contributed by atoms with Crippen LogP contribution in [0.15, 0.2) is 24.3 Å². The first-order chi connectivity index (χ1) is 10.4. The predicted octanol–water partition coefficient (Wildman–Crippen LogP) is 2.72. The van der Waals surface area contributed by atoms with Crippen LogP contribution in [0.1, 0.15) is 21.9 Å². The normalized spacial score (nSPS) is 10.8. The second-order valence-electron chi connectivity index (χ2n) is 5.00. The van der Waals surface area contributed by atoms with Crippen molar-refractivity contribution in [2.75, 3.05) is 5.32 Å². The number of phenols is 1. The lowest BCUT2D eigenvalue weighted by Crippen LogP contribution is -2.01. The van der Waals surface area contributed by atoms with Gasteiger partial charge in [0.15, 0.2) is 0 Å². The van der Waals surface area contributed by atoms with Crippen molar-refractivity contribution in [3.8, 4) is 5.75 Å². The van der Waals surface area contributed by atoms with E-state index in [9.17, 15) is 9.90 Å². The number of H-pyrrole nitrogens is 1. The molecule has 0 aliphatic heterocycles. The molecule has 0 spiro atoms. The maximum absolute atomic E-state index is 11.1. The molecular formula is C15H14N4O3. The third-order valence-corrected chi connectivity index (χ3v) is 3.22. The van der Waals surface area contributed by atoms with E-state index in [1.54, 1.807) is 13.0 Å². The SMILES string of the molecule is Cc1nc(Nc2ccc(O)c(C(=O)O)c2)c2cc(C)[nH]c2n1. The largest absolute Gasteiger partial charge is 0.507 e. The molecule has 2 aromatic heterocycles. The van der Waals surface area contributed by atoms with Crippen molar-refractivity contribution in [3.05, 3.63) is 41.3 Å². The van der Waals surface area contributed by atoms with Gasteiger partial charge in [0.1, 0.15) is 28.6 Å². The van der Waals surface area contributed by atoms with E-state index in [0.29, 0.717) is 23.0 Å². The minimum atomic E-state index is -1.19. The van der Waals surface area contributed by atoms with Crippen LogP contribution in [0, 0.1) is 13.8 Å². The quantitative estimate of drug-likeness (QED) is 0.553. The number of aromatic hydroxyl groups is 1. The second kappa shape index (κ2) is 5.03. The van der Waals surface area contributed by atoms with E-state index in [1.807, 2.05) is 13.0 Å². The highest BCUT2D eigenvalue weighted by Gasteiger charge is 2.12. The third-order valence-electron chi connectivity index (χ3n) is 3.22. The Labute approximate surface area is 125 Å². The molecular weight excluding hydrogens is 284 g/mol. The van der Waals surface area contributed by atoms with E-state index >= 15 is 0 Å². The van der Waals surface area contributed by atoms with Gasteiger partial charge in [0.05, 0.1) is 5.39 Å². The van der Waals surface area contributed by atoms with Crippen LogP contribution in [-0.4, -0.2) is 31.1 Å². The number of aromatic amines is 1. The molecule has 22 heavy (non-hydrogen) atoms. The van der Waals surface area contributed by atoms with Crippen LogP contribution in [0.3, 0.4) is 0 Å². The van der Waals surface area contributed by atoms with E-state index in [-0.39, 0.29) is 11.3 Å². The molecule has 7 nitrogen and oxygen atoms in total. The molecule has 4 N–H and O–H groups in total. The summed E-state index contributed by atoms with van der Waals surface area (Å²) < 4.78 is 0. The van der Waals surface area contributed by atoms with Gasteiger partial charge in [0, 0.05) is 11.4 Å². The van der Waals surface area contributed by atoms with Crippen LogP contribution in [-0.2, 0) is 0 Å². The summed E-state index contributed by atoms with van der Waals surface area (Å²) in [7, 11) is 0. The Morgan fingerprint density at radius 2 is 2.00 bits per heavy atom. The fourth-order valence-electron chi connectivity index (χ4n) is 2.27. The number of hydrogen-bond acceptors (Lipinski definition) is 5. The number of carboxylic acid groups (broad SMARTS) is 1. The molecule has 0 aliphatic carbocycles. The highest BCUT2D eigenvalue weighted by atomic mass is 16.4. The van der Waals surface area contributed by atoms with Gasteiger partial charge in [-0.15, -0.1) is 0 Å². The summed E-state index contributed by atoms with van der Waals surface area (Å²) in [4.78, 5) is 22.9. The van der Waals surface area contributed by atoms with Gasteiger partial charge in [-0.3, -0.25) is 0 Å². The van der Waals surface area contributed by atoms with Gasteiger partial charge < -0.3 is 20.5 Å². The first-order valence-corrected chi connectivity index (χ1v) is 6.61. The summed E-state index contributed by atoms with van der Waals surface area (Å²) in [5.41, 5.74) is 2.02. The maximum Gasteiger partial charge on any atom is 0.339 e. The van der Waals surface area contributed by atoms with E-state index in [4.69, 9.17) is 5.11 Å². The lowest BCUT2D eigenvalue weighted by Gasteiger charge is -2.09. The Bertz CT molecular complexity index is 886. The molecule has 0 unspecified atom stereocenters. The number of aromatic carboxylic acids is 1. The van der Waals surface area contributed by atoms with Gasteiger partial charge in [-0.25, -0.2) is 14.8 Å². The lowest BCUT2D eigenvalue weighted by atomic mass is 10.1. The zero-order chi connectivity index (χ0) is 15.9. The molecule has 0 saturated heterocycles. The monoisotopic (exact) mass is 298 g/mol. The second-order valence-corrected chi connectivity index (χ2v) is 5.00. The zero-order valence-electron chi connectivity index (χ0n) is 12.0. The van der Waals surface area contributed by atoms with Crippen LogP contribution in [0.25, 0.3) is 11.0 Å². The van der Waals surface area contributed by atoms with E-state index in [0.717, 1.165) is 11.1 Å². The minimum Gasteiger partial charge on any atom is -0.507 e. The van der Waals surface area contributed by atoms with Crippen LogP contribution in [0.2, 0.25) is 0 Å². The van der Waals surface area contributed by atoms with Crippen molar-refractivity contribution >= 4 is 28.5 Å². The van der Waals surface area contributed by atoms with Gasteiger partial charge in [0.2, 0.25) is 0 Å². The zero-order valence-corrected chi connectivity index (χ0v) is 12.0. The van der Waals surface area contributed by atoms with E-state index < -0.39 is 5.97 Å². The molecule has 112 valence electrons. The summed E-state index contributed by atoms with van der Waals surface area (Å²) in [6.07, 6.45) is 0. The number of aromatic nitrogens is 3. The molecule has 0 atom stereocenters. The summed E-state index contributed by atoms with van der Waals surface area (Å²) in [6.45, 7) is 3.70. The topological polar surface area (TPSA) is 111 Å². The summed E-state index contributed by atoms with van der Waals surface area (Å²) in [5, 5.41) is 22.5. The third kappa shape index (κ3) is 2.44. The molecule has 1 aromatic carbocycles. The summed E-state index contributed by atoms with van der Waals surface area (Å²) in [5.74, 6) is -0.301. The molecule has 0 radical (unpaired) electrons. The number of nitrogens with zero attached hydrogens (tertiary/aromatic N) is 2. The average Bonchev–Trinajstić information content (AvgIpc) is 2.81. The number of carbonyl (C=O) groups is 1. The van der Waals surface area contributed by atoms with Gasteiger partial charge in [-0.05, 0) is 38.1 Å². The summed E-state index contributed by atoms with van der Waals surface area (Å²) >= 11 is 0. The van der Waals surface area contributed by atoms with Crippen LogP contribution >= 0.6 is 0 Å². The van der Waals surface area contributed by atoms with Crippen molar-refractivity contribution < 1.29 is 15.0 Å². The minimum absolute atomic E-state index is 0.169. The molecule has 0 aliphatic rings. The number of carboxylic acids is 1. The van der Waals surface area contributed by atoms with Crippen molar-refractivity contribution in [1.82, 2.24) is 15.0 Å². The van der Waals surface area contributed by atoms with E-state index in [2.05, 4.69) is 20.3 Å². The van der Waals surface area contributed by atoms with Gasteiger partial charge in [0.25, 0.3) is 0 Å². The Balaban J connectivity index is 2.06. The molecule has 3 aromatic rings. The van der Waals surface area contributed by atoms with Crippen molar-refractivity contribution in [2.24, 2.45) is 0 Å². The van der Waals surface area contributed by atoms with Gasteiger partial charge in [-0.2, -0.15) is 0 Å². The van der Waals surface area contributed by atoms with Crippen LogP contribution in [0.5, 0.6) is 5.75 Å². The molecule has 0 amide bonds. The van der Waals surface area contributed by atoms with E-state index in [1.165, 1.54) is 12.1 Å². The molecule has 3 rings (SSSR count). The lowest BCUT2D eigenvalue weighted by molar-refractivity contribution is 0.0694. The average molecular weight is 298 g/mol. The van der Waals surface area contributed by atoms with Crippen molar-refractivity contribution in [2.45, 2.75) is 13.8 Å². The fourth-order valence-corrected chi connectivity index (χ4v) is 2.27. The fraction of sp³-hybridized carbons (Fsp3) is 0.133. The highest BCUT2D eigenvalue weighted by molar-refractivity contribution is 5.93. The molecule has 0 bridgehead atoms. The Morgan fingerprint density at radius 1 is 1.23 bits per heavy atom. The smallest absolute Gasteiger partial charge is 0.339 e. The standard InChI is InChI=1S/C15H14N4O3/c1-7-5-11-13(16-7)17-8(2)18-14(11)19-9-3-4-12(20)10(6-9)15(21)22/h3-6,20H,1-2H3,(H,21,22)(H2,16,17,18,19). The highest BCUT2D eigenvalue weighted by Crippen LogP contribution is 2.27. The van der Waals surface area contributed by atoms with Crippen LogP contribution in [0.4, 0.5) is 11.5 Å². The number of rotatable bonds is 3. The first kappa shape index (κ1) is 13.9. The maximum atomic E-state index is 11.1. The molecule has 0 saturated carbocycles. The number of aryl methyl sites for hydroxylation is 2. The molecule has 7 heteroatoms. The van der Waals surface area contributed by atoms with Gasteiger partial charge >= 0.3 is 5.97 Å².